The van der Waals surface area contributed by atoms with Crippen molar-refractivity contribution in [1.82, 2.24) is 10.3 Å². The number of nitrogens with zero attached hydrogens (tertiary/aromatic N) is 3. The van der Waals surface area contributed by atoms with Crippen molar-refractivity contribution in [2.75, 3.05) is 0 Å². The van der Waals surface area contributed by atoms with Crippen molar-refractivity contribution in [1.29, 1.82) is 0 Å². The molecular weight excluding hydrogens is 286 g/mol. The lowest BCUT2D eigenvalue weighted by Crippen LogP contribution is -2.60. The summed E-state index contributed by atoms with van der Waals surface area (Å²) in [7, 11) is 0. The molecule has 0 radical (unpaired) electrons. The van der Waals surface area contributed by atoms with Crippen molar-refractivity contribution < 1.29 is 0 Å². The molecule has 23 heavy (non-hydrogen) atoms. The van der Waals surface area contributed by atoms with Gasteiger partial charge >= 0.3 is 0 Å². The highest BCUT2D eigenvalue weighted by atomic mass is 15.3. The van der Waals surface area contributed by atoms with Crippen LogP contribution in [-0.2, 0) is 0 Å². The summed E-state index contributed by atoms with van der Waals surface area (Å²) in [4.78, 5) is 4.20. The third-order valence-corrected chi connectivity index (χ3v) is 4.46. The number of rotatable bonds is 3. The number of azo groups is 1. The van der Waals surface area contributed by atoms with Crippen LogP contribution in [0.3, 0.4) is 0 Å². The molecule has 0 saturated carbocycles. The number of aromatic nitrogens is 1. The first-order chi connectivity index (χ1) is 11.1. The van der Waals surface area contributed by atoms with Gasteiger partial charge in [-0.25, -0.2) is 4.98 Å². The fraction of sp³-hybridized carbons (Fsp3) is 0.278. The monoisotopic (exact) mass is 307 g/mol. The van der Waals surface area contributed by atoms with Crippen molar-refractivity contribution in [2.24, 2.45) is 21.4 Å². The van der Waals surface area contributed by atoms with Gasteiger partial charge in [0.2, 0.25) is 0 Å². The molecule has 0 amide bonds. The summed E-state index contributed by atoms with van der Waals surface area (Å²) in [6, 6.07) is 5.38. The van der Waals surface area contributed by atoms with E-state index in [1.54, 1.807) is 6.20 Å². The van der Waals surface area contributed by atoms with Crippen molar-refractivity contribution in [2.45, 2.75) is 25.6 Å². The van der Waals surface area contributed by atoms with Gasteiger partial charge in [-0.05, 0) is 44.3 Å². The fourth-order valence-corrected chi connectivity index (χ4v) is 2.83. The van der Waals surface area contributed by atoms with E-state index < -0.39 is 11.1 Å². The number of allylic oxidation sites excluding steroid dienone is 4. The van der Waals surface area contributed by atoms with Gasteiger partial charge in [-0.15, -0.1) is 5.11 Å². The van der Waals surface area contributed by atoms with E-state index in [9.17, 15) is 0 Å². The standard InChI is InChI=1S/C18H21N5/c1-14-8-10-17(2,15(19)13-14)18(9-4-6-12-21-18)23-22-16-7-3-5-11-20-16/h3-13,15,21H,19H2,1-2H3. The lowest BCUT2D eigenvalue weighted by molar-refractivity contribution is 0.196. The molecule has 1 aliphatic carbocycles. The first kappa shape index (κ1) is 15.4. The maximum absolute atomic E-state index is 6.45. The van der Waals surface area contributed by atoms with Crippen LogP contribution in [0.4, 0.5) is 5.82 Å². The topological polar surface area (TPSA) is 75.7 Å². The van der Waals surface area contributed by atoms with Crippen LogP contribution in [0.1, 0.15) is 13.8 Å². The van der Waals surface area contributed by atoms with Gasteiger partial charge < -0.3 is 11.1 Å². The number of hydrogen-bond acceptors (Lipinski definition) is 5. The van der Waals surface area contributed by atoms with E-state index in [-0.39, 0.29) is 6.04 Å². The van der Waals surface area contributed by atoms with Gasteiger partial charge in [-0.1, -0.05) is 35.9 Å². The zero-order valence-corrected chi connectivity index (χ0v) is 13.3. The molecule has 1 aliphatic heterocycles. The second kappa shape index (κ2) is 5.93. The summed E-state index contributed by atoms with van der Waals surface area (Å²) in [5.41, 5.74) is 6.39. The molecule has 0 aromatic carbocycles. The lowest BCUT2D eigenvalue weighted by atomic mass is 9.68. The SMILES string of the molecule is CC1=CC(N)C(C)(C2(N=Nc3ccccn3)C=CC=CN2)C=C1. The van der Waals surface area contributed by atoms with Gasteiger partial charge in [0.15, 0.2) is 11.5 Å². The van der Waals surface area contributed by atoms with Gasteiger partial charge in [0.1, 0.15) is 0 Å². The fourth-order valence-electron chi connectivity index (χ4n) is 2.83. The van der Waals surface area contributed by atoms with E-state index >= 15 is 0 Å². The van der Waals surface area contributed by atoms with E-state index in [0.717, 1.165) is 5.57 Å². The van der Waals surface area contributed by atoms with Crippen LogP contribution in [0.25, 0.3) is 0 Å². The van der Waals surface area contributed by atoms with Gasteiger partial charge in [-0.2, -0.15) is 5.11 Å². The Hall–Kier alpha value is -2.53. The molecule has 3 unspecified atom stereocenters. The molecular formula is C18H21N5. The van der Waals surface area contributed by atoms with Crippen molar-refractivity contribution >= 4 is 5.82 Å². The van der Waals surface area contributed by atoms with Crippen molar-refractivity contribution in [3.63, 3.8) is 0 Å². The third kappa shape index (κ3) is 2.75. The van der Waals surface area contributed by atoms with Gasteiger partial charge in [0.05, 0.1) is 5.41 Å². The normalized spacial score (nSPS) is 32.8. The Balaban J connectivity index is 2.01. The second-order valence-corrected chi connectivity index (χ2v) is 6.07. The molecule has 1 aromatic rings. The Morgan fingerprint density at radius 1 is 1.26 bits per heavy atom. The quantitative estimate of drug-likeness (QED) is 0.840. The molecule has 0 fully saturated rings. The summed E-state index contributed by atoms with van der Waals surface area (Å²) < 4.78 is 0. The molecule has 0 spiro atoms. The van der Waals surface area contributed by atoms with Crippen molar-refractivity contribution in [3.8, 4) is 0 Å². The number of nitrogens with two attached hydrogens (primary N) is 1. The van der Waals surface area contributed by atoms with Crippen LogP contribution in [0.5, 0.6) is 0 Å². The number of pyridine rings is 1. The molecule has 5 heteroatoms. The predicted octanol–water partition coefficient (Wildman–Crippen LogP) is 3.38. The minimum Gasteiger partial charge on any atom is -0.362 e. The van der Waals surface area contributed by atoms with Crippen LogP contribution < -0.4 is 11.1 Å². The summed E-state index contributed by atoms with van der Waals surface area (Å²) in [5.74, 6) is 0.570. The zero-order chi connectivity index (χ0) is 16.3. The van der Waals surface area contributed by atoms with Crippen LogP contribution >= 0.6 is 0 Å². The highest BCUT2D eigenvalue weighted by Crippen LogP contribution is 2.42. The minimum absolute atomic E-state index is 0.182. The van der Waals surface area contributed by atoms with E-state index in [1.807, 2.05) is 49.6 Å². The molecule has 118 valence electrons. The Morgan fingerprint density at radius 3 is 2.78 bits per heavy atom. The molecule has 0 bridgehead atoms. The maximum atomic E-state index is 6.45. The van der Waals surface area contributed by atoms with Crippen LogP contribution in [0.15, 0.2) is 82.9 Å². The predicted molar refractivity (Wildman–Crippen MR) is 91.9 cm³/mol. The molecule has 3 rings (SSSR count). The average Bonchev–Trinajstić information content (AvgIpc) is 2.58. The highest BCUT2D eigenvalue weighted by Gasteiger charge is 2.50. The maximum Gasteiger partial charge on any atom is 0.180 e. The number of nitrogens with one attached hydrogen (secondary N) is 1. The molecule has 3 N–H and O–H groups in total. The zero-order valence-electron chi connectivity index (χ0n) is 13.3. The van der Waals surface area contributed by atoms with Crippen LogP contribution in [-0.4, -0.2) is 16.7 Å². The molecule has 3 atom stereocenters. The third-order valence-electron chi connectivity index (χ3n) is 4.46. The minimum atomic E-state index is -0.758. The summed E-state index contributed by atoms with van der Waals surface area (Å²) in [6.45, 7) is 4.13. The molecule has 0 saturated heterocycles. The van der Waals surface area contributed by atoms with E-state index in [1.165, 1.54) is 0 Å². The molecule has 1 aromatic heterocycles. The van der Waals surface area contributed by atoms with Gasteiger partial charge in [0, 0.05) is 12.2 Å². The number of hydrogen-bond donors (Lipinski definition) is 2. The highest BCUT2D eigenvalue weighted by molar-refractivity contribution is 5.37. The largest absolute Gasteiger partial charge is 0.362 e. The summed E-state index contributed by atoms with van der Waals surface area (Å²) in [5, 5.41) is 12.3. The molecule has 5 nitrogen and oxygen atoms in total. The van der Waals surface area contributed by atoms with E-state index in [0.29, 0.717) is 5.82 Å². The molecule has 2 aliphatic rings. The van der Waals surface area contributed by atoms with Crippen molar-refractivity contribution in [3.05, 3.63) is 72.6 Å². The van der Waals surface area contributed by atoms with E-state index in [2.05, 4.69) is 45.7 Å². The summed E-state index contributed by atoms with van der Waals surface area (Å²) >= 11 is 0. The average molecular weight is 307 g/mol. The first-order valence-corrected chi connectivity index (χ1v) is 7.65. The lowest BCUT2D eigenvalue weighted by Gasteiger charge is -2.46. The second-order valence-electron chi connectivity index (χ2n) is 6.07. The Morgan fingerprint density at radius 2 is 2.13 bits per heavy atom. The van der Waals surface area contributed by atoms with E-state index in [4.69, 9.17) is 5.73 Å². The van der Waals surface area contributed by atoms with Gasteiger partial charge in [-0.3, -0.25) is 0 Å². The first-order valence-electron chi connectivity index (χ1n) is 7.65. The Kier molecular flexibility index (Phi) is 3.96. The Labute approximate surface area is 136 Å². The summed E-state index contributed by atoms with van der Waals surface area (Å²) in [6.07, 6.45) is 15.7. The van der Waals surface area contributed by atoms with Crippen LogP contribution in [0.2, 0.25) is 0 Å². The smallest absolute Gasteiger partial charge is 0.180 e. The Bertz CT molecular complexity index is 716. The number of dihydropyridines is 1. The van der Waals surface area contributed by atoms with Crippen LogP contribution in [0, 0.1) is 5.41 Å². The van der Waals surface area contributed by atoms with Gasteiger partial charge in [0.25, 0.3) is 0 Å². The molecule has 2 heterocycles.